The number of aliphatic carboxylic acids is 1. The smallest absolute Gasteiger partial charge is 0.325 e. The van der Waals surface area contributed by atoms with Gasteiger partial charge in [-0.1, -0.05) is 0 Å². The van der Waals surface area contributed by atoms with Gasteiger partial charge in [-0.25, -0.2) is 4.79 Å². The number of amides is 3. The third-order valence-electron chi connectivity index (χ3n) is 4.14. The molecule has 2 saturated heterocycles. The van der Waals surface area contributed by atoms with Crippen molar-refractivity contribution in [2.75, 3.05) is 32.8 Å². The number of hydrogen-bond donors (Lipinski definition) is 3. The molecule has 0 atom stereocenters. The first-order valence-corrected chi connectivity index (χ1v) is 7.17. The predicted octanol–water partition coefficient (Wildman–Crippen LogP) is -0.770. The highest BCUT2D eigenvalue weighted by molar-refractivity contribution is 6.07. The number of likely N-dealkylation sites (tertiary alicyclic amines) is 1. The molecule has 2 aliphatic rings. The largest absolute Gasteiger partial charge is 0.481 e. The lowest BCUT2D eigenvalue weighted by Crippen LogP contribution is -2.55. The highest BCUT2D eigenvalue weighted by Gasteiger charge is 2.51. The van der Waals surface area contributed by atoms with Crippen LogP contribution in [0.1, 0.15) is 25.7 Å². The van der Waals surface area contributed by atoms with Gasteiger partial charge in [0.2, 0.25) is 0 Å². The first-order chi connectivity index (χ1) is 9.98. The van der Waals surface area contributed by atoms with E-state index in [-0.39, 0.29) is 31.9 Å². The molecule has 0 bridgehead atoms. The van der Waals surface area contributed by atoms with Crippen molar-refractivity contribution in [3.05, 3.63) is 0 Å². The zero-order chi connectivity index (χ0) is 15.5. The van der Waals surface area contributed by atoms with Crippen LogP contribution in [0.2, 0.25) is 0 Å². The number of aliphatic hydroxyl groups is 1. The molecule has 0 saturated carbocycles. The van der Waals surface area contributed by atoms with Crippen molar-refractivity contribution in [3.8, 4) is 0 Å². The number of imide groups is 1. The topological polar surface area (TPSA) is 110 Å². The number of carboxylic acids is 1. The number of urea groups is 1. The number of rotatable bonds is 6. The van der Waals surface area contributed by atoms with E-state index in [9.17, 15) is 14.4 Å². The quantitative estimate of drug-likeness (QED) is 0.556. The number of β-amino-alcohol motifs (C(OH)–C–C–N with tert-alkyl or cyclic N) is 1. The van der Waals surface area contributed by atoms with Crippen LogP contribution in [0, 0.1) is 0 Å². The molecule has 21 heavy (non-hydrogen) atoms. The van der Waals surface area contributed by atoms with Crippen LogP contribution < -0.4 is 5.32 Å². The molecular formula is C13H21N3O5. The number of nitrogens with zero attached hydrogens (tertiary/aromatic N) is 2. The molecule has 0 aromatic carbocycles. The van der Waals surface area contributed by atoms with Gasteiger partial charge in [-0.2, -0.15) is 0 Å². The molecule has 2 aliphatic heterocycles. The van der Waals surface area contributed by atoms with Crippen LogP contribution in [-0.4, -0.2) is 76.2 Å². The molecule has 0 aromatic heterocycles. The molecular weight excluding hydrogens is 278 g/mol. The summed E-state index contributed by atoms with van der Waals surface area (Å²) in [5, 5.41) is 20.3. The molecule has 3 N–H and O–H groups in total. The maximum Gasteiger partial charge on any atom is 0.325 e. The minimum atomic E-state index is -0.936. The molecule has 2 heterocycles. The number of aliphatic hydroxyl groups excluding tert-OH is 1. The summed E-state index contributed by atoms with van der Waals surface area (Å²) in [6.07, 6.45) is 1.25. The van der Waals surface area contributed by atoms with E-state index in [4.69, 9.17) is 10.2 Å². The maximum absolute atomic E-state index is 12.5. The molecule has 1 spiro atoms. The van der Waals surface area contributed by atoms with Crippen LogP contribution in [0.3, 0.4) is 0 Å². The Morgan fingerprint density at radius 1 is 1.24 bits per heavy atom. The van der Waals surface area contributed by atoms with Gasteiger partial charge in [-0.15, -0.1) is 0 Å². The van der Waals surface area contributed by atoms with Gasteiger partial charge < -0.3 is 20.4 Å². The van der Waals surface area contributed by atoms with Crippen LogP contribution >= 0.6 is 0 Å². The maximum atomic E-state index is 12.5. The number of piperidine rings is 1. The van der Waals surface area contributed by atoms with Gasteiger partial charge in [0.05, 0.1) is 6.61 Å². The summed E-state index contributed by atoms with van der Waals surface area (Å²) in [5.41, 5.74) is -0.841. The normalized spacial score (nSPS) is 21.9. The lowest BCUT2D eigenvalue weighted by atomic mass is 9.87. The van der Waals surface area contributed by atoms with E-state index in [2.05, 4.69) is 10.2 Å². The van der Waals surface area contributed by atoms with Crippen molar-refractivity contribution in [2.45, 2.75) is 31.2 Å². The van der Waals surface area contributed by atoms with Gasteiger partial charge in [0.1, 0.15) is 5.54 Å². The Hall–Kier alpha value is -1.67. The number of carboxylic acid groups (broad SMARTS) is 1. The van der Waals surface area contributed by atoms with E-state index in [0.717, 1.165) is 4.90 Å². The molecule has 0 unspecified atom stereocenters. The first kappa shape index (κ1) is 15.7. The molecule has 3 amide bonds. The third-order valence-corrected chi connectivity index (χ3v) is 4.14. The fourth-order valence-corrected chi connectivity index (χ4v) is 2.91. The van der Waals surface area contributed by atoms with Crippen LogP contribution in [-0.2, 0) is 9.59 Å². The Labute approximate surface area is 122 Å². The van der Waals surface area contributed by atoms with Crippen molar-refractivity contribution in [2.24, 2.45) is 0 Å². The molecule has 0 aromatic rings. The summed E-state index contributed by atoms with van der Waals surface area (Å²) in [5.74, 6) is -1.18. The number of hydrogen-bond acceptors (Lipinski definition) is 5. The molecule has 0 radical (unpaired) electrons. The third kappa shape index (κ3) is 3.33. The summed E-state index contributed by atoms with van der Waals surface area (Å²) < 4.78 is 0. The summed E-state index contributed by atoms with van der Waals surface area (Å²) in [6.45, 7) is 2.08. The minimum Gasteiger partial charge on any atom is -0.481 e. The van der Waals surface area contributed by atoms with Crippen LogP contribution in [0.5, 0.6) is 0 Å². The minimum absolute atomic E-state index is 0.0612. The summed E-state index contributed by atoms with van der Waals surface area (Å²) >= 11 is 0. The standard InChI is InChI=1S/C13H21N3O5/c17-9-8-15-6-3-13(4-7-15)11(20)16(12(21)14-13)5-1-2-10(18)19/h17H,1-9H2,(H,14,21)(H,18,19). The Morgan fingerprint density at radius 3 is 2.48 bits per heavy atom. The first-order valence-electron chi connectivity index (χ1n) is 7.17. The van der Waals surface area contributed by atoms with Gasteiger partial charge in [0, 0.05) is 32.6 Å². The molecule has 118 valence electrons. The van der Waals surface area contributed by atoms with Gasteiger partial charge in [0.25, 0.3) is 5.91 Å². The number of carbonyl (C=O) groups is 3. The second kappa shape index (κ2) is 6.40. The zero-order valence-electron chi connectivity index (χ0n) is 11.9. The molecule has 2 rings (SSSR count). The van der Waals surface area contributed by atoms with Crippen LogP contribution in [0.25, 0.3) is 0 Å². The van der Waals surface area contributed by atoms with Gasteiger partial charge in [0.15, 0.2) is 0 Å². The fraction of sp³-hybridized carbons (Fsp3) is 0.769. The van der Waals surface area contributed by atoms with E-state index in [1.807, 2.05) is 0 Å². The van der Waals surface area contributed by atoms with E-state index in [1.165, 1.54) is 0 Å². The Bertz CT molecular complexity index is 432. The van der Waals surface area contributed by atoms with Gasteiger partial charge in [-0.05, 0) is 19.3 Å². The van der Waals surface area contributed by atoms with E-state index >= 15 is 0 Å². The average molecular weight is 299 g/mol. The van der Waals surface area contributed by atoms with Crippen molar-refractivity contribution < 1.29 is 24.6 Å². The summed E-state index contributed by atoms with van der Waals surface area (Å²) in [4.78, 5) is 38.1. The monoisotopic (exact) mass is 299 g/mol. The Balaban J connectivity index is 1.93. The van der Waals surface area contributed by atoms with Crippen molar-refractivity contribution in [1.82, 2.24) is 15.1 Å². The number of carbonyl (C=O) groups excluding carboxylic acids is 2. The Morgan fingerprint density at radius 2 is 1.90 bits per heavy atom. The van der Waals surface area contributed by atoms with Gasteiger partial charge in [-0.3, -0.25) is 14.5 Å². The van der Waals surface area contributed by atoms with E-state index < -0.39 is 17.5 Å². The molecule has 8 heteroatoms. The average Bonchev–Trinajstić information content (AvgIpc) is 2.66. The predicted molar refractivity (Wildman–Crippen MR) is 72.6 cm³/mol. The molecule has 2 fully saturated rings. The summed E-state index contributed by atoms with van der Waals surface area (Å²) in [6, 6.07) is -0.430. The van der Waals surface area contributed by atoms with Crippen molar-refractivity contribution in [1.29, 1.82) is 0 Å². The van der Waals surface area contributed by atoms with Crippen LogP contribution in [0.4, 0.5) is 4.79 Å². The van der Waals surface area contributed by atoms with Gasteiger partial charge >= 0.3 is 12.0 Å². The van der Waals surface area contributed by atoms with Crippen molar-refractivity contribution >= 4 is 17.9 Å². The highest BCUT2D eigenvalue weighted by atomic mass is 16.4. The second-order valence-corrected chi connectivity index (χ2v) is 5.53. The SMILES string of the molecule is O=C(O)CCCN1C(=O)NC2(CCN(CCO)CC2)C1=O. The number of nitrogens with one attached hydrogen (secondary N) is 1. The highest BCUT2D eigenvalue weighted by Crippen LogP contribution is 2.29. The lowest BCUT2D eigenvalue weighted by Gasteiger charge is -2.37. The Kier molecular flexibility index (Phi) is 4.79. The lowest BCUT2D eigenvalue weighted by molar-refractivity contribution is -0.138. The zero-order valence-corrected chi connectivity index (χ0v) is 11.9. The van der Waals surface area contributed by atoms with E-state index in [0.29, 0.717) is 32.5 Å². The fourth-order valence-electron chi connectivity index (χ4n) is 2.91. The van der Waals surface area contributed by atoms with E-state index in [1.54, 1.807) is 0 Å². The van der Waals surface area contributed by atoms with Crippen molar-refractivity contribution in [3.63, 3.8) is 0 Å². The molecule has 8 nitrogen and oxygen atoms in total. The summed E-state index contributed by atoms with van der Waals surface area (Å²) in [7, 11) is 0. The molecule has 0 aliphatic carbocycles. The second-order valence-electron chi connectivity index (χ2n) is 5.53. The van der Waals surface area contributed by atoms with Crippen LogP contribution in [0.15, 0.2) is 0 Å².